The average molecular weight is 381 g/mol. The Morgan fingerprint density at radius 3 is 1.41 bits per heavy atom. The fourth-order valence-corrected chi connectivity index (χ4v) is 3.62. The molecule has 0 spiro atoms. The van der Waals surface area contributed by atoms with Crippen molar-refractivity contribution < 1.29 is 5.11 Å². The molecule has 0 atom stereocenters. The van der Waals surface area contributed by atoms with Crippen LogP contribution in [0.25, 0.3) is 34.2 Å². The van der Waals surface area contributed by atoms with Gasteiger partial charge >= 0.3 is 0 Å². The van der Waals surface area contributed by atoms with Gasteiger partial charge in [0.15, 0.2) is 17.5 Å². The maximum Gasteiger partial charge on any atom is 0.167 e. The van der Waals surface area contributed by atoms with Crippen molar-refractivity contribution in [1.29, 1.82) is 0 Å². The van der Waals surface area contributed by atoms with E-state index in [9.17, 15) is 5.11 Å². The van der Waals surface area contributed by atoms with E-state index in [0.29, 0.717) is 23.0 Å². The molecule has 4 rings (SSSR count). The highest BCUT2D eigenvalue weighted by Crippen LogP contribution is 2.30. The normalized spacial score (nSPS) is 10.9. The summed E-state index contributed by atoms with van der Waals surface area (Å²) in [5.74, 6) is 1.80. The van der Waals surface area contributed by atoms with Crippen molar-refractivity contribution >= 4 is 0 Å². The lowest BCUT2D eigenvalue weighted by Crippen LogP contribution is -2.01. The Bertz CT molecular complexity index is 1100. The molecule has 0 aliphatic carbocycles. The molecule has 0 unspecified atom stereocenters. The lowest BCUT2D eigenvalue weighted by Gasteiger charge is -2.11. The summed E-state index contributed by atoms with van der Waals surface area (Å²) < 4.78 is 0. The van der Waals surface area contributed by atoms with Gasteiger partial charge in [0.05, 0.1) is 5.56 Å². The minimum absolute atomic E-state index is 0.149. The molecule has 0 fully saturated rings. The first-order valence-corrected chi connectivity index (χ1v) is 9.61. The molecule has 4 nitrogen and oxygen atoms in total. The van der Waals surface area contributed by atoms with Gasteiger partial charge in [-0.25, -0.2) is 15.0 Å². The second kappa shape index (κ2) is 7.47. The molecule has 144 valence electrons. The summed E-state index contributed by atoms with van der Waals surface area (Å²) in [6.45, 7) is 8.25. The largest absolute Gasteiger partial charge is 0.507 e. The minimum atomic E-state index is 0.149. The van der Waals surface area contributed by atoms with Crippen LogP contribution in [0.1, 0.15) is 22.3 Å². The Balaban J connectivity index is 1.98. The minimum Gasteiger partial charge on any atom is -0.507 e. The van der Waals surface area contributed by atoms with Crippen molar-refractivity contribution in [2.24, 2.45) is 0 Å². The summed E-state index contributed by atoms with van der Waals surface area (Å²) in [5, 5.41) is 10.4. The number of aromatic nitrogens is 3. The van der Waals surface area contributed by atoms with Gasteiger partial charge in [0.25, 0.3) is 0 Å². The van der Waals surface area contributed by atoms with Crippen molar-refractivity contribution in [2.75, 3.05) is 0 Å². The zero-order valence-electron chi connectivity index (χ0n) is 17.1. The number of hydrogen-bond donors (Lipinski definition) is 1. The molecule has 0 saturated carbocycles. The van der Waals surface area contributed by atoms with Crippen LogP contribution in [0.5, 0.6) is 5.75 Å². The number of hydrogen-bond acceptors (Lipinski definition) is 4. The van der Waals surface area contributed by atoms with Gasteiger partial charge in [-0.1, -0.05) is 46.5 Å². The van der Waals surface area contributed by atoms with Crippen LogP contribution in [-0.2, 0) is 0 Å². The number of rotatable bonds is 3. The first-order chi connectivity index (χ1) is 13.9. The highest BCUT2D eigenvalue weighted by atomic mass is 16.3. The van der Waals surface area contributed by atoms with Crippen LogP contribution in [-0.4, -0.2) is 20.1 Å². The van der Waals surface area contributed by atoms with E-state index in [1.165, 1.54) is 0 Å². The van der Waals surface area contributed by atoms with E-state index in [2.05, 4.69) is 64.1 Å². The van der Waals surface area contributed by atoms with E-state index in [4.69, 9.17) is 15.0 Å². The molecule has 1 heterocycles. The lowest BCUT2D eigenvalue weighted by molar-refractivity contribution is 0.477. The van der Waals surface area contributed by atoms with E-state index < -0.39 is 0 Å². The first-order valence-electron chi connectivity index (χ1n) is 9.61. The van der Waals surface area contributed by atoms with E-state index >= 15 is 0 Å². The summed E-state index contributed by atoms with van der Waals surface area (Å²) in [4.78, 5) is 14.2. The van der Waals surface area contributed by atoms with Gasteiger partial charge in [0.2, 0.25) is 0 Å². The molecule has 0 saturated heterocycles. The van der Waals surface area contributed by atoms with E-state index in [1.54, 1.807) is 12.1 Å². The molecule has 3 aromatic carbocycles. The number of aryl methyl sites for hydroxylation is 4. The lowest BCUT2D eigenvalue weighted by atomic mass is 10.1. The van der Waals surface area contributed by atoms with Crippen LogP contribution in [0.4, 0.5) is 0 Å². The molecule has 1 N–H and O–H groups in total. The van der Waals surface area contributed by atoms with Gasteiger partial charge in [-0.2, -0.15) is 0 Å². The zero-order chi connectivity index (χ0) is 20.5. The van der Waals surface area contributed by atoms with Crippen LogP contribution >= 0.6 is 0 Å². The van der Waals surface area contributed by atoms with Crippen molar-refractivity contribution in [3.05, 3.63) is 82.9 Å². The number of para-hydroxylation sites is 1. The average Bonchev–Trinajstić information content (AvgIpc) is 2.66. The third kappa shape index (κ3) is 4.02. The molecular formula is C25H23N3O. The highest BCUT2D eigenvalue weighted by molar-refractivity contribution is 5.70. The van der Waals surface area contributed by atoms with E-state index in [1.807, 2.05) is 12.1 Å². The molecule has 29 heavy (non-hydrogen) atoms. The monoisotopic (exact) mass is 381 g/mol. The zero-order valence-corrected chi connectivity index (χ0v) is 17.1. The van der Waals surface area contributed by atoms with Crippen molar-refractivity contribution in [3.8, 4) is 39.9 Å². The molecule has 0 aliphatic rings. The number of phenolic OH excluding ortho intramolecular Hbond substituents is 1. The number of phenols is 1. The molecule has 0 bridgehead atoms. The molecule has 0 radical (unpaired) electrons. The van der Waals surface area contributed by atoms with Crippen molar-refractivity contribution in [3.63, 3.8) is 0 Å². The third-order valence-corrected chi connectivity index (χ3v) is 4.74. The van der Waals surface area contributed by atoms with E-state index in [-0.39, 0.29) is 5.75 Å². The molecule has 1 aromatic heterocycles. The fraction of sp³-hybridized carbons (Fsp3) is 0.160. The fourth-order valence-electron chi connectivity index (χ4n) is 3.62. The molecule has 0 amide bonds. The maximum atomic E-state index is 10.4. The van der Waals surface area contributed by atoms with Crippen molar-refractivity contribution in [2.45, 2.75) is 27.7 Å². The second-order valence-corrected chi connectivity index (χ2v) is 7.58. The summed E-state index contributed by atoms with van der Waals surface area (Å²) in [7, 11) is 0. The van der Waals surface area contributed by atoms with Crippen LogP contribution in [0.15, 0.2) is 60.7 Å². The van der Waals surface area contributed by atoms with Gasteiger partial charge in [-0.15, -0.1) is 0 Å². The molecule has 4 aromatic rings. The van der Waals surface area contributed by atoms with Gasteiger partial charge in [-0.05, 0) is 64.1 Å². The first kappa shape index (κ1) is 18.8. The Labute approximate surface area is 171 Å². The van der Waals surface area contributed by atoms with Gasteiger partial charge in [0.1, 0.15) is 5.75 Å². The smallest absolute Gasteiger partial charge is 0.167 e. The molecule has 0 aliphatic heterocycles. The Hall–Kier alpha value is -3.53. The van der Waals surface area contributed by atoms with E-state index in [0.717, 1.165) is 33.4 Å². The van der Waals surface area contributed by atoms with Gasteiger partial charge in [-0.3, -0.25) is 0 Å². The Kier molecular flexibility index (Phi) is 4.85. The number of nitrogens with zero attached hydrogens (tertiary/aromatic N) is 3. The van der Waals surface area contributed by atoms with Crippen LogP contribution in [0, 0.1) is 27.7 Å². The Morgan fingerprint density at radius 2 is 0.966 bits per heavy atom. The van der Waals surface area contributed by atoms with Gasteiger partial charge in [0, 0.05) is 11.1 Å². The van der Waals surface area contributed by atoms with Crippen LogP contribution in [0.3, 0.4) is 0 Å². The number of aromatic hydroxyl groups is 1. The predicted octanol–water partition coefficient (Wildman–Crippen LogP) is 5.81. The summed E-state index contributed by atoms with van der Waals surface area (Å²) in [6, 6.07) is 19.7. The topological polar surface area (TPSA) is 58.9 Å². The second-order valence-electron chi connectivity index (χ2n) is 7.58. The maximum absolute atomic E-state index is 10.4. The highest BCUT2D eigenvalue weighted by Gasteiger charge is 2.15. The number of benzene rings is 3. The standard InChI is InChI=1S/C25H23N3O/c1-15-9-16(2)12-19(11-15)23-26-24(20-13-17(3)10-18(4)14-20)28-25(27-23)21-7-5-6-8-22(21)29/h5-14,29H,1-4H3. The predicted molar refractivity (Wildman–Crippen MR) is 117 cm³/mol. The summed E-state index contributed by atoms with van der Waals surface area (Å²) >= 11 is 0. The molecular weight excluding hydrogens is 358 g/mol. The van der Waals surface area contributed by atoms with Gasteiger partial charge < -0.3 is 5.11 Å². The third-order valence-electron chi connectivity index (χ3n) is 4.74. The molecule has 4 heteroatoms. The quantitative estimate of drug-likeness (QED) is 0.486. The SMILES string of the molecule is Cc1cc(C)cc(-c2nc(-c3cc(C)cc(C)c3)nc(-c3ccccc3O)n2)c1. The summed E-state index contributed by atoms with van der Waals surface area (Å²) in [5.41, 5.74) is 7.07. The van der Waals surface area contributed by atoms with Crippen molar-refractivity contribution in [1.82, 2.24) is 15.0 Å². The summed E-state index contributed by atoms with van der Waals surface area (Å²) in [6.07, 6.45) is 0. The van der Waals surface area contributed by atoms with Crippen LogP contribution < -0.4 is 0 Å². The van der Waals surface area contributed by atoms with Crippen LogP contribution in [0.2, 0.25) is 0 Å². The Morgan fingerprint density at radius 1 is 0.552 bits per heavy atom.